The summed E-state index contributed by atoms with van der Waals surface area (Å²) in [6, 6.07) is 11.9. The van der Waals surface area contributed by atoms with Gasteiger partial charge in [-0.1, -0.05) is 12.1 Å². The first-order valence-electron chi connectivity index (χ1n) is 9.03. The molecule has 3 rings (SSSR count). The minimum Gasteiger partial charge on any atom is -0.334 e. The summed E-state index contributed by atoms with van der Waals surface area (Å²) in [4.78, 5) is 14.7. The molecular formula is C20H25N3O3S. The number of amides is 1. The first kappa shape index (κ1) is 19.4. The molecule has 2 aromatic rings. The highest BCUT2D eigenvalue weighted by atomic mass is 32.2. The zero-order chi connectivity index (χ0) is 19.6. The fourth-order valence-corrected chi connectivity index (χ4v) is 4.79. The van der Waals surface area contributed by atoms with Crippen LogP contribution >= 0.6 is 0 Å². The van der Waals surface area contributed by atoms with Crippen molar-refractivity contribution < 1.29 is 13.2 Å². The number of likely N-dealkylation sites (tertiary alicyclic amines) is 1. The number of aryl methyl sites for hydroxylation is 2. The van der Waals surface area contributed by atoms with Gasteiger partial charge in [-0.05, 0) is 68.1 Å². The molecule has 144 valence electrons. The number of anilines is 1. The van der Waals surface area contributed by atoms with E-state index in [-0.39, 0.29) is 16.8 Å². The van der Waals surface area contributed by atoms with Gasteiger partial charge in [0.1, 0.15) is 0 Å². The van der Waals surface area contributed by atoms with E-state index in [0.717, 1.165) is 18.4 Å². The Labute approximate surface area is 160 Å². The van der Waals surface area contributed by atoms with E-state index in [1.807, 2.05) is 13.0 Å². The summed E-state index contributed by atoms with van der Waals surface area (Å²) in [6.07, 6.45) is 1.89. The van der Waals surface area contributed by atoms with Crippen LogP contribution in [0.4, 0.5) is 5.69 Å². The van der Waals surface area contributed by atoms with E-state index in [1.54, 1.807) is 48.2 Å². The highest BCUT2D eigenvalue weighted by molar-refractivity contribution is 7.92. The maximum Gasteiger partial charge on any atom is 0.262 e. The largest absolute Gasteiger partial charge is 0.334 e. The standard InChI is InChI=1S/C20H25N3O3S/c1-14-5-6-15(2)19(12-14)27(25,26)22-17-9-7-16(8-10-17)20(24)23-11-3-4-18(23)13-21/h5-10,12,18,22H,3-4,11,13,21H2,1-2H3. The molecule has 1 aliphatic rings. The normalized spacial score (nSPS) is 17.1. The number of carbonyl (C=O) groups is 1. The second-order valence-electron chi connectivity index (χ2n) is 6.98. The summed E-state index contributed by atoms with van der Waals surface area (Å²) in [5.41, 5.74) is 8.25. The van der Waals surface area contributed by atoms with Gasteiger partial charge in [-0.15, -0.1) is 0 Å². The predicted molar refractivity (Wildman–Crippen MR) is 106 cm³/mol. The summed E-state index contributed by atoms with van der Waals surface area (Å²) in [5.74, 6) is -0.0631. The SMILES string of the molecule is Cc1ccc(C)c(S(=O)(=O)Nc2ccc(C(=O)N3CCCC3CN)cc2)c1. The average Bonchev–Trinajstić information content (AvgIpc) is 3.12. The summed E-state index contributed by atoms with van der Waals surface area (Å²) in [7, 11) is -3.69. The van der Waals surface area contributed by atoms with Crippen molar-refractivity contribution in [2.45, 2.75) is 37.6 Å². The van der Waals surface area contributed by atoms with Gasteiger partial charge in [-0.3, -0.25) is 9.52 Å². The van der Waals surface area contributed by atoms with Crippen LogP contribution < -0.4 is 10.5 Å². The third-order valence-electron chi connectivity index (χ3n) is 4.93. The molecule has 27 heavy (non-hydrogen) atoms. The smallest absolute Gasteiger partial charge is 0.262 e. The van der Waals surface area contributed by atoms with Crippen LogP contribution in [0, 0.1) is 13.8 Å². The van der Waals surface area contributed by atoms with Crippen LogP contribution in [0.25, 0.3) is 0 Å². The Hall–Kier alpha value is -2.38. The summed E-state index contributed by atoms with van der Waals surface area (Å²) in [5, 5.41) is 0. The molecule has 6 nitrogen and oxygen atoms in total. The van der Waals surface area contributed by atoms with Crippen molar-refractivity contribution in [3.63, 3.8) is 0 Å². The van der Waals surface area contributed by atoms with Gasteiger partial charge in [0.15, 0.2) is 0 Å². The van der Waals surface area contributed by atoms with E-state index in [1.165, 1.54) is 0 Å². The number of sulfonamides is 1. The third kappa shape index (κ3) is 4.14. The van der Waals surface area contributed by atoms with Crippen molar-refractivity contribution in [3.05, 3.63) is 59.2 Å². The Kier molecular flexibility index (Phi) is 5.53. The molecule has 1 atom stereocenters. The van der Waals surface area contributed by atoms with E-state index >= 15 is 0 Å². The van der Waals surface area contributed by atoms with Crippen LogP contribution in [0.5, 0.6) is 0 Å². The minimum atomic E-state index is -3.69. The molecule has 1 heterocycles. The van der Waals surface area contributed by atoms with Gasteiger partial charge in [-0.25, -0.2) is 8.42 Å². The lowest BCUT2D eigenvalue weighted by atomic mass is 10.1. The number of benzene rings is 2. The van der Waals surface area contributed by atoms with Crippen LogP contribution in [0.2, 0.25) is 0 Å². The van der Waals surface area contributed by atoms with Gasteiger partial charge < -0.3 is 10.6 Å². The Morgan fingerprint density at radius 1 is 1.19 bits per heavy atom. The van der Waals surface area contributed by atoms with Crippen molar-refractivity contribution in [1.82, 2.24) is 4.90 Å². The predicted octanol–water partition coefficient (Wildman–Crippen LogP) is 2.67. The van der Waals surface area contributed by atoms with E-state index in [4.69, 9.17) is 5.73 Å². The lowest BCUT2D eigenvalue weighted by Gasteiger charge is -2.23. The van der Waals surface area contributed by atoms with Gasteiger partial charge in [0.05, 0.1) is 4.90 Å². The maximum absolute atomic E-state index is 12.7. The molecule has 1 saturated heterocycles. The lowest BCUT2D eigenvalue weighted by molar-refractivity contribution is 0.0741. The highest BCUT2D eigenvalue weighted by Gasteiger charge is 2.28. The number of rotatable bonds is 5. The average molecular weight is 388 g/mol. The first-order valence-corrected chi connectivity index (χ1v) is 10.5. The fraction of sp³-hybridized carbons (Fsp3) is 0.350. The topological polar surface area (TPSA) is 92.5 Å². The quantitative estimate of drug-likeness (QED) is 0.825. The Bertz CT molecular complexity index is 939. The van der Waals surface area contributed by atoms with Crippen LogP contribution in [0.15, 0.2) is 47.4 Å². The van der Waals surface area contributed by atoms with Crippen molar-refractivity contribution >= 4 is 21.6 Å². The van der Waals surface area contributed by atoms with Crippen LogP contribution in [-0.4, -0.2) is 38.4 Å². The Morgan fingerprint density at radius 2 is 1.89 bits per heavy atom. The molecule has 0 saturated carbocycles. The molecule has 1 unspecified atom stereocenters. The van der Waals surface area contributed by atoms with E-state index in [0.29, 0.717) is 29.9 Å². The molecule has 1 aliphatic heterocycles. The fourth-order valence-electron chi connectivity index (χ4n) is 3.40. The van der Waals surface area contributed by atoms with Gasteiger partial charge >= 0.3 is 0 Å². The van der Waals surface area contributed by atoms with Gasteiger partial charge in [0, 0.05) is 30.4 Å². The molecule has 0 bridgehead atoms. The van der Waals surface area contributed by atoms with E-state index in [9.17, 15) is 13.2 Å². The second kappa shape index (κ2) is 7.70. The summed E-state index contributed by atoms with van der Waals surface area (Å²) in [6.45, 7) is 4.78. The third-order valence-corrected chi connectivity index (χ3v) is 6.45. The monoisotopic (exact) mass is 387 g/mol. The molecule has 0 aromatic heterocycles. The molecular weight excluding hydrogens is 362 g/mol. The number of nitrogens with zero attached hydrogens (tertiary/aromatic N) is 1. The number of nitrogens with two attached hydrogens (primary N) is 1. The molecule has 7 heteroatoms. The minimum absolute atomic E-state index is 0.0631. The molecule has 0 aliphatic carbocycles. The zero-order valence-corrected chi connectivity index (χ0v) is 16.4. The Morgan fingerprint density at radius 3 is 2.56 bits per heavy atom. The summed E-state index contributed by atoms with van der Waals surface area (Å²) < 4.78 is 28.0. The molecule has 1 fully saturated rings. The van der Waals surface area contributed by atoms with Crippen molar-refractivity contribution in [1.29, 1.82) is 0 Å². The Balaban J connectivity index is 1.77. The molecule has 3 N–H and O–H groups in total. The molecule has 0 radical (unpaired) electrons. The van der Waals surface area contributed by atoms with Crippen LogP contribution in [0.1, 0.15) is 34.3 Å². The zero-order valence-electron chi connectivity index (χ0n) is 15.6. The van der Waals surface area contributed by atoms with Crippen molar-refractivity contribution in [2.24, 2.45) is 5.73 Å². The van der Waals surface area contributed by atoms with Gasteiger partial charge in [0.2, 0.25) is 0 Å². The second-order valence-corrected chi connectivity index (χ2v) is 8.63. The molecule has 0 spiro atoms. The summed E-state index contributed by atoms with van der Waals surface area (Å²) >= 11 is 0. The lowest BCUT2D eigenvalue weighted by Crippen LogP contribution is -2.39. The highest BCUT2D eigenvalue weighted by Crippen LogP contribution is 2.23. The molecule has 2 aromatic carbocycles. The van der Waals surface area contributed by atoms with Crippen LogP contribution in [0.3, 0.4) is 0 Å². The van der Waals surface area contributed by atoms with Crippen molar-refractivity contribution in [2.75, 3.05) is 17.8 Å². The van der Waals surface area contributed by atoms with E-state index < -0.39 is 10.0 Å². The maximum atomic E-state index is 12.7. The first-order chi connectivity index (χ1) is 12.8. The van der Waals surface area contributed by atoms with Gasteiger partial charge in [-0.2, -0.15) is 0 Å². The number of carbonyl (C=O) groups excluding carboxylic acids is 1. The van der Waals surface area contributed by atoms with Gasteiger partial charge in [0.25, 0.3) is 15.9 Å². The number of hydrogen-bond donors (Lipinski definition) is 2. The number of hydrogen-bond acceptors (Lipinski definition) is 4. The number of nitrogens with one attached hydrogen (secondary N) is 1. The van der Waals surface area contributed by atoms with Crippen molar-refractivity contribution in [3.8, 4) is 0 Å². The van der Waals surface area contributed by atoms with E-state index in [2.05, 4.69) is 4.72 Å². The van der Waals surface area contributed by atoms with Crippen LogP contribution in [-0.2, 0) is 10.0 Å². The molecule has 1 amide bonds.